The molecule has 1 aliphatic carbocycles. The Morgan fingerprint density at radius 1 is 0.630 bits per heavy atom. The normalized spacial score (nSPS) is 12.4. The van der Waals surface area contributed by atoms with Gasteiger partial charge >= 0.3 is 0 Å². The minimum Gasteiger partial charge on any atom is -0.355 e. The van der Waals surface area contributed by atoms with Gasteiger partial charge in [-0.25, -0.2) is 0 Å². The first-order chi connectivity index (χ1) is 26.5. The summed E-state index contributed by atoms with van der Waals surface area (Å²) in [5.41, 5.74) is 19.9. The van der Waals surface area contributed by atoms with Crippen LogP contribution in [0.3, 0.4) is 0 Å². The lowest BCUT2D eigenvalue weighted by atomic mass is 9.82. The second-order valence-electron chi connectivity index (χ2n) is 14.3. The number of anilines is 1. The summed E-state index contributed by atoms with van der Waals surface area (Å²) >= 11 is 0. The van der Waals surface area contributed by atoms with Gasteiger partial charge in [-0.2, -0.15) is 0 Å². The number of aromatic nitrogens is 2. The van der Waals surface area contributed by atoms with Crippen molar-refractivity contribution in [1.82, 2.24) is 9.55 Å². The molecule has 0 saturated carbocycles. The molecular formula is C50H40N4. The summed E-state index contributed by atoms with van der Waals surface area (Å²) in [5, 5.41) is 13.9. The first-order valence-corrected chi connectivity index (χ1v) is 18.5. The van der Waals surface area contributed by atoms with Gasteiger partial charge in [-0.1, -0.05) is 90.5 Å². The Morgan fingerprint density at radius 3 is 1.93 bits per heavy atom. The Morgan fingerprint density at radius 2 is 1.24 bits per heavy atom. The number of hydrogen-bond acceptors (Lipinski definition) is 3. The third-order valence-electron chi connectivity index (χ3n) is 10.8. The van der Waals surface area contributed by atoms with Crippen molar-refractivity contribution < 1.29 is 0 Å². The van der Waals surface area contributed by atoms with Crippen molar-refractivity contribution in [3.8, 4) is 50.2 Å². The number of fused-ring (bicyclic) bond motifs is 6. The Kier molecular flexibility index (Phi) is 8.36. The van der Waals surface area contributed by atoms with Crippen LogP contribution in [-0.4, -0.2) is 15.8 Å². The van der Waals surface area contributed by atoms with E-state index < -0.39 is 0 Å². The van der Waals surface area contributed by atoms with Crippen molar-refractivity contribution in [1.29, 1.82) is 5.41 Å². The third-order valence-corrected chi connectivity index (χ3v) is 10.8. The number of aryl methyl sites for hydroxylation is 4. The van der Waals surface area contributed by atoms with Crippen molar-refractivity contribution in [3.05, 3.63) is 186 Å². The lowest BCUT2D eigenvalue weighted by Gasteiger charge is -2.24. The molecule has 4 heteroatoms. The first-order valence-electron chi connectivity index (χ1n) is 18.5. The molecule has 0 bridgehead atoms. The molecule has 0 fully saturated rings. The maximum atomic E-state index is 7.80. The fraction of sp³-hybridized carbons (Fsp3) is 0.0800. The average Bonchev–Trinajstić information content (AvgIpc) is 3.53. The summed E-state index contributed by atoms with van der Waals surface area (Å²) in [7, 11) is 0. The topological polar surface area (TPSA) is 53.7 Å². The van der Waals surface area contributed by atoms with Crippen molar-refractivity contribution in [3.63, 3.8) is 0 Å². The van der Waals surface area contributed by atoms with Gasteiger partial charge in [0.1, 0.15) is 0 Å². The molecular weight excluding hydrogens is 657 g/mol. The predicted octanol–water partition coefficient (Wildman–Crippen LogP) is 12.7. The van der Waals surface area contributed by atoms with Crippen molar-refractivity contribution in [2.75, 3.05) is 5.32 Å². The molecule has 9 rings (SSSR count). The summed E-state index contributed by atoms with van der Waals surface area (Å²) in [4.78, 5) is 4.34. The molecule has 8 aromatic rings. The maximum Gasteiger partial charge on any atom is 0.0547 e. The SMILES string of the molecule is C=C/C(=C\C=N)Nc1cc2c(cc1-c1cccc(-c3ccc(C)cc3)c1)CCc1cc3c4cc(-c5ccc(C)cc5)ccc4n(-c4ccncc4)c3cc1-2. The number of benzene rings is 6. The van der Waals surface area contributed by atoms with E-state index in [-0.39, 0.29) is 0 Å². The fourth-order valence-corrected chi connectivity index (χ4v) is 8.00. The van der Waals surface area contributed by atoms with Crippen LogP contribution in [0, 0.1) is 19.3 Å². The van der Waals surface area contributed by atoms with Gasteiger partial charge in [-0.15, -0.1) is 0 Å². The quantitative estimate of drug-likeness (QED) is 0.123. The van der Waals surface area contributed by atoms with Gasteiger partial charge in [-0.05, 0) is 144 Å². The number of allylic oxidation sites excluding steroid dienone is 2. The van der Waals surface area contributed by atoms with Crippen LogP contribution in [0.25, 0.3) is 72.0 Å². The number of hydrogen-bond donors (Lipinski definition) is 2. The van der Waals surface area contributed by atoms with Crippen molar-refractivity contribution in [2.24, 2.45) is 0 Å². The van der Waals surface area contributed by atoms with E-state index in [0.29, 0.717) is 0 Å². The van der Waals surface area contributed by atoms with E-state index in [1.807, 2.05) is 12.4 Å². The summed E-state index contributed by atoms with van der Waals surface area (Å²) < 4.78 is 2.38. The number of pyridine rings is 1. The van der Waals surface area contributed by atoms with Crippen LogP contribution in [0.1, 0.15) is 22.3 Å². The van der Waals surface area contributed by atoms with Crippen LogP contribution in [-0.2, 0) is 12.8 Å². The van der Waals surface area contributed by atoms with Crippen LogP contribution in [0.15, 0.2) is 164 Å². The van der Waals surface area contributed by atoms with E-state index >= 15 is 0 Å². The minimum absolute atomic E-state index is 0.773. The standard InChI is InChI=1S/C50H40N4/c1-4-41(20-23-51)53-48-30-43-39(28-45(48)38-7-5-6-36(26-38)34-12-8-32(2)9-13-34)16-17-40-29-47-46-27-37(35-14-10-33(3)11-15-35)18-19-49(46)54(50(47)31-44(40)43)42-21-24-52-25-22-42/h4-15,18-31,51,53H,1,16-17H2,2-3H3/b41-20+,51-23?. The highest BCUT2D eigenvalue weighted by molar-refractivity contribution is 6.12. The smallest absolute Gasteiger partial charge is 0.0547 e. The fourth-order valence-electron chi connectivity index (χ4n) is 8.00. The van der Waals surface area contributed by atoms with E-state index in [2.05, 4.69) is 163 Å². The first kappa shape index (κ1) is 33.1. The Bertz CT molecular complexity index is 2770. The van der Waals surface area contributed by atoms with E-state index in [4.69, 9.17) is 5.41 Å². The third kappa shape index (κ3) is 5.92. The Labute approximate surface area is 316 Å². The van der Waals surface area contributed by atoms with Crippen LogP contribution < -0.4 is 5.32 Å². The molecule has 6 aromatic carbocycles. The van der Waals surface area contributed by atoms with Crippen LogP contribution in [0.5, 0.6) is 0 Å². The highest BCUT2D eigenvalue weighted by Crippen LogP contribution is 2.45. The summed E-state index contributed by atoms with van der Waals surface area (Å²) in [6.07, 6.45) is 10.5. The lowest BCUT2D eigenvalue weighted by Crippen LogP contribution is -2.07. The van der Waals surface area contributed by atoms with Gasteiger partial charge in [0.25, 0.3) is 0 Å². The molecule has 0 radical (unpaired) electrons. The zero-order valence-electron chi connectivity index (χ0n) is 30.5. The van der Waals surface area contributed by atoms with E-state index in [0.717, 1.165) is 41.0 Å². The van der Waals surface area contributed by atoms with Gasteiger partial charge in [0, 0.05) is 52.0 Å². The van der Waals surface area contributed by atoms with Gasteiger partial charge in [0.15, 0.2) is 0 Å². The lowest BCUT2D eigenvalue weighted by molar-refractivity contribution is 0.944. The molecule has 2 aromatic heterocycles. The predicted molar refractivity (Wildman–Crippen MR) is 228 cm³/mol. The van der Waals surface area contributed by atoms with Gasteiger partial charge < -0.3 is 15.3 Å². The van der Waals surface area contributed by atoms with Crippen molar-refractivity contribution >= 4 is 33.7 Å². The molecule has 4 nitrogen and oxygen atoms in total. The molecule has 0 spiro atoms. The number of nitrogens with one attached hydrogen (secondary N) is 2. The van der Waals surface area contributed by atoms with Crippen LogP contribution in [0.4, 0.5) is 5.69 Å². The van der Waals surface area contributed by atoms with Crippen LogP contribution >= 0.6 is 0 Å². The molecule has 1 aliphatic rings. The summed E-state index contributed by atoms with van der Waals surface area (Å²) in [6.45, 7) is 8.29. The highest BCUT2D eigenvalue weighted by Gasteiger charge is 2.23. The van der Waals surface area contributed by atoms with Gasteiger partial charge in [0.2, 0.25) is 0 Å². The highest BCUT2D eigenvalue weighted by atomic mass is 15.0. The van der Waals surface area contributed by atoms with Crippen LogP contribution in [0.2, 0.25) is 0 Å². The van der Waals surface area contributed by atoms with E-state index in [1.165, 1.54) is 83.7 Å². The molecule has 54 heavy (non-hydrogen) atoms. The second kappa shape index (κ2) is 13.6. The van der Waals surface area contributed by atoms with E-state index in [9.17, 15) is 0 Å². The number of nitrogens with zero attached hydrogens (tertiary/aromatic N) is 2. The zero-order chi connectivity index (χ0) is 36.8. The molecule has 0 aliphatic heterocycles. The number of rotatable bonds is 8. The van der Waals surface area contributed by atoms with Gasteiger partial charge in [0.05, 0.1) is 11.0 Å². The minimum atomic E-state index is 0.773. The Balaban J connectivity index is 1.25. The largest absolute Gasteiger partial charge is 0.355 e. The molecule has 0 unspecified atom stereocenters. The zero-order valence-corrected chi connectivity index (χ0v) is 30.5. The molecule has 0 atom stereocenters. The monoisotopic (exact) mass is 696 g/mol. The summed E-state index contributed by atoms with van der Waals surface area (Å²) in [6, 6.07) is 46.8. The molecule has 0 amide bonds. The molecule has 0 saturated heterocycles. The molecule has 2 N–H and O–H groups in total. The average molecular weight is 697 g/mol. The van der Waals surface area contributed by atoms with E-state index in [1.54, 1.807) is 12.2 Å². The van der Waals surface area contributed by atoms with Gasteiger partial charge in [-0.3, -0.25) is 4.98 Å². The second-order valence-corrected chi connectivity index (χ2v) is 14.3. The molecule has 2 heterocycles. The maximum absolute atomic E-state index is 7.80. The Hall–Kier alpha value is -6.78. The molecule has 260 valence electrons. The summed E-state index contributed by atoms with van der Waals surface area (Å²) in [5.74, 6) is 0. The van der Waals surface area contributed by atoms with Crippen molar-refractivity contribution in [2.45, 2.75) is 26.7 Å².